The fourth-order valence-electron chi connectivity index (χ4n) is 3.96. The lowest BCUT2D eigenvalue weighted by Crippen LogP contribution is -2.39. The van der Waals surface area contributed by atoms with Crippen LogP contribution < -0.4 is 9.47 Å². The normalized spacial score (nSPS) is 11.8. The van der Waals surface area contributed by atoms with Crippen LogP contribution in [-0.2, 0) is 32.6 Å². The molecule has 8 heteroatoms. The first-order chi connectivity index (χ1) is 17.8. The van der Waals surface area contributed by atoms with E-state index in [1.54, 1.807) is 31.4 Å². The van der Waals surface area contributed by atoms with E-state index in [4.69, 9.17) is 18.9 Å². The highest BCUT2D eigenvalue weighted by molar-refractivity contribution is 7.89. The van der Waals surface area contributed by atoms with Gasteiger partial charge in [0.15, 0.2) is 17.8 Å². The third-order valence-corrected chi connectivity index (χ3v) is 7.71. The lowest BCUT2D eigenvalue weighted by atomic mass is 10.1. The molecule has 0 radical (unpaired) electrons. The molecule has 0 amide bonds. The molecule has 0 aromatic heterocycles. The first-order valence-electron chi connectivity index (χ1n) is 12.4. The number of rotatable bonds is 14. The molecular weight excluding hydrogens is 490 g/mol. The third kappa shape index (κ3) is 7.55. The van der Waals surface area contributed by atoms with Crippen LogP contribution in [0.3, 0.4) is 0 Å². The maximum Gasteiger partial charge on any atom is 0.243 e. The Hall–Kier alpha value is -2.91. The van der Waals surface area contributed by atoms with E-state index in [0.29, 0.717) is 36.9 Å². The van der Waals surface area contributed by atoms with E-state index in [1.165, 1.54) is 4.31 Å². The summed E-state index contributed by atoms with van der Waals surface area (Å²) < 4.78 is 52.4. The molecule has 37 heavy (non-hydrogen) atoms. The molecule has 0 saturated heterocycles. The minimum absolute atomic E-state index is 0.0200. The number of sulfonamides is 1. The predicted molar refractivity (Wildman–Crippen MR) is 144 cm³/mol. The monoisotopic (exact) mass is 527 g/mol. The van der Waals surface area contributed by atoms with Gasteiger partial charge in [0.05, 0.1) is 18.6 Å². The molecule has 0 heterocycles. The van der Waals surface area contributed by atoms with Crippen molar-refractivity contribution in [3.63, 3.8) is 0 Å². The smallest absolute Gasteiger partial charge is 0.243 e. The molecule has 200 valence electrons. The molecule has 0 aliphatic heterocycles. The largest absolute Gasteiger partial charge is 0.493 e. The Kier molecular flexibility index (Phi) is 10.5. The average molecular weight is 528 g/mol. The summed E-state index contributed by atoms with van der Waals surface area (Å²) in [6.07, 6.45) is -0.712. The van der Waals surface area contributed by atoms with Crippen LogP contribution in [0.2, 0.25) is 0 Å². The summed E-state index contributed by atoms with van der Waals surface area (Å²) in [4.78, 5) is 0.204. The summed E-state index contributed by atoms with van der Waals surface area (Å²) in [5.41, 5.74) is 3.55. The van der Waals surface area contributed by atoms with E-state index in [1.807, 2.05) is 70.2 Å². The van der Waals surface area contributed by atoms with Gasteiger partial charge in [-0.3, -0.25) is 0 Å². The van der Waals surface area contributed by atoms with Crippen molar-refractivity contribution >= 4 is 10.0 Å². The number of benzene rings is 3. The predicted octanol–water partition coefficient (Wildman–Crippen LogP) is 5.48. The van der Waals surface area contributed by atoms with Crippen molar-refractivity contribution in [2.24, 2.45) is 0 Å². The van der Waals surface area contributed by atoms with E-state index >= 15 is 0 Å². The number of hydrogen-bond donors (Lipinski definition) is 0. The van der Waals surface area contributed by atoms with Gasteiger partial charge in [-0.2, -0.15) is 4.31 Å². The van der Waals surface area contributed by atoms with Crippen molar-refractivity contribution in [3.8, 4) is 11.5 Å². The van der Waals surface area contributed by atoms with Crippen molar-refractivity contribution in [2.45, 2.75) is 52.0 Å². The zero-order chi connectivity index (χ0) is 26.8. The van der Waals surface area contributed by atoms with Crippen molar-refractivity contribution < 1.29 is 27.4 Å². The minimum Gasteiger partial charge on any atom is -0.493 e. The molecule has 7 nitrogen and oxygen atoms in total. The molecular formula is C29H37NO6S. The number of nitrogens with zero attached hydrogens (tertiary/aromatic N) is 1. The second-order valence-electron chi connectivity index (χ2n) is 8.63. The van der Waals surface area contributed by atoms with Crippen LogP contribution in [0.1, 0.15) is 36.1 Å². The van der Waals surface area contributed by atoms with Crippen LogP contribution in [-0.4, -0.2) is 45.9 Å². The molecule has 0 bridgehead atoms. The van der Waals surface area contributed by atoms with Gasteiger partial charge in [-0.25, -0.2) is 8.42 Å². The van der Waals surface area contributed by atoms with Crippen molar-refractivity contribution in [1.82, 2.24) is 4.31 Å². The zero-order valence-electron chi connectivity index (χ0n) is 22.3. The number of ether oxygens (including phenoxy) is 4. The Labute approximate surface area is 221 Å². The van der Waals surface area contributed by atoms with Crippen molar-refractivity contribution in [1.29, 1.82) is 0 Å². The second kappa shape index (κ2) is 13.6. The summed E-state index contributed by atoms with van der Waals surface area (Å²) in [7, 11) is -2.30. The molecule has 0 spiro atoms. The fourth-order valence-corrected chi connectivity index (χ4v) is 5.36. The van der Waals surface area contributed by atoms with Gasteiger partial charge in [0, 0.05) is 25.3 Å². The lowest BCUT2D eigenvalue weighted by Gasteiger charge is -2.28. The third-order valence-electron chi connectivity index (χ3n) is 5.88. The van der Waals surface area contributed by atoms with Gasteiger partial charge < -0.3 is 18.9 Å². The fraction of sp³-hybridized carbons (Fsp3) is 0.379. The molecule has 0 N–H and O–H groups in total. The molecule has 0 aliphatic carbocycles. The summed E-state index contributed by atoms with van der Waals surface area (Å²) in [5.74, 6) is 1.09. The van der Waals surface area contributed by atoms with E-state index in [-0.39, 0.29) is 18.0 Å². The maximum atomic E-state index is 13.8. The highest BCUT2D eigenvalue weighted by Crippen LogP contribution is 2.37. The van der Waals surface area contributed by atoms with Gasteiger partial charge in [0.1, 0.15) is 6.61 Å². The number of hydrogen-bond acceptors (Lipinski definition) is 6. The summed E-state index contributed by atoms with van der Waals surface area (Å²) in [6, 6.07) is 20.4. The van der Waals surface area contributed by atoms with Crippen LogP contribution in [0.4, 0.5) is 0 Å². The van der Waals surface area contributed by atoms with E-state index in [9.17, 15) is 8.42 Å². The van der Waals surface area contributed by atoms with Gasteiger partial charge in [0.25, 0.3) is 0 Å². The van der Waals surface area contributed by atoms with Crippen LogP contribution in [0.25, 0.3) is 0 Å². The quantitative estimate of drug-likeness (QED) is 0.259. The highest BCUT2D eigenvalue weighted by atomic mass is 32.2. The Morgan fingerprint density at radius 3 is 2.08 bits per heavy atom. The summed E-state index contributed by atoms with van der Waals surface area (Å²) in [6.45, 7) is 8.73. The standard InChI is InChI=1S/C29H37NO6S/c1-6-34-27(35-7-2)20-30(37(31,32)26-17-13-22(3)14-18-26)19-25-16-15-23(4)28(33-5)29(25)36-21-24-11-9-8-10-12-24/h8-18,27H,6-7,19-21H2,1-5H3. The molecule has 0 fully saturated rings. The Balaban J connectivity index is 2.02. The SMILES string of the molecule is CCOC(CN(Cc1ccc(C)c(OC)c1OCc1ccccc1)S(=O)(=O)c1ccc(C)cc1)OCC. The minimum atomic E-state index is -3.88. The van der Waals surface area contributed by atoms with Crippen LogP contribution in [0.5, 0.6) is 11.5 Å². The first-order valence-corrected chi connectivity index (χ1v) is 13.9. The Bertz CT molecular complexity index is 1220. The van der Waals surface area contributed by atoms with Crippen LogP contribution in [0, 0.1) is 13.8 Å². The Morgan fingerprint density at radius 2 is 1.49 bits per heavy atom. The molecule has 0 atom stereocenters. The number of aryl methyl sites for hydroxylation is 2. The summed E-state index contributed by atoms with van der Waals surface area (Å²) >= 11 is 0. The Morgan fingerprint density at radius 1 is 0.838 bits per heavy atom. The van der Waals surface area contributed by atoms with Gasteiger partial charge in [-0.05, 0) is 51.0 Å². The summed E-state index contributed by atoms with van der Waals surface area (Å²) in [5, 5.41) is 0. The van der Waals surface area contributed by atoms with Crippen LogP contribution >= 0.6 is 0 Å². The van der Waals surface area contributed by atoms with Crippen molar-refractivity contribution in [3.05, 3.63) is 89.0 Å². The molecule has 0 unspecified atom stereocenters. The lowest BCUT2D eigenvalue weighted by molar-refractivity contribution is -0.141. The van der Waals surface area contributed by atoms with E-state index in [2.05, 4.69) is 0 Å². The van der Waals surface area contributed by atoms with Gasteiger partial charge in [-0.1, -0.05) is 60.2 Å². The van der Waals surface area contributed by atoms with E-state index in [0.717, 1.165) is 16.7 Å². The first kappa shape index (κ1) is 28.7. The van der Waals surface area contributed by atoms with Gasteiger partial charge >= 0.3 is 0 Å². The van der Waals surface area contributed by atoms with Gasteiger partial charge in [0.2, 0.25) is 10.0 Å². The molecule has 3 rings (SSSR count). The average Bonchev–Trinajstić information content (AvgIpc) is 2.89. The van der Waals surface area contributed by atoms with Crippen molar-refractivity contribution in [2.75, 3.05) is 26.9 Å². The van der Waals surface area contributed by atoms with E-state index < -0.39 is 16.3 Å². The maximum absolute atomic E-state index is 13.8. The topological polar surface area (TPSA) is 74.3 Å². The van der Waals surface area contributed by atoms with Crippen LogP contribution in [0.15, 0.2) is 71.6 Å². The number of methoxy groups -OCH3 is 1. The highest BCUT2D eigenvalue weighted by Gasteiger charge is 2.30. The second-order valence-corrected chi connectivity index (χ2v) is 10.6. The molecule has 3 aromatic rings. The molecule has 0 saturated carbocycles. The zero-order valence-corrected chi connectivity index (χ0v) is 23.1. The molecule has 0 aliphatic rings. The van der Waals surface area contributed by atoms with Gasteiger partial charge in [-0.15, -0.1) is 0 Å². The molecule has 3 aromatic carbocycles.